The number of hydrogen-bond donors (Lipinski definition) is 1. The van der Waals surface area contributed by atoms with Crippen LogP contribution in [-0.4, -0.2) is 27.0 Å². The first-order valence-corrected chi connectivity index (χ1v) is 3.46. The van der Waals surface area contributed by atoms with Gasteiger partial charge in [0, 0.05) is 7.05 Å². The molecule has 1 aromatic rings. The predicted octanol–water partition coefficient (Wildman–Crippen LogP) is 0.248. The number of nitrogens with zero attached hydrogens (tertiary/aromatic N) is 4. The maximum Gasteiger partial charge on any atom is 0.434 e. The molecule has 1 heterocycles. The van der Waals surface area contributed by atoms with Crippen molar-refractivity contribution in [1.82, 2.24) is 15.0 Å². The van der Waals surface area contributed by atoms with Gasteiger partial charge in [-0.05, 0) is 11.8 Å². The Hall–Kier alpha value is -1.66. The molecule has 0 radical (unpaired) electrons. The van der Waals surface area contributed by atoms with Crippen molar-refractivity contribution in [3.8, 4) is 0 Å². The summed E-state index contributed by atoms with van der Waals surface area (Å²) in [6, 6.07) is 0. The molecule has 1 aromatic heterocycles. The zero-order chi connectivity index (χ0) is 9.14. The molecule has 0 bridgehead atoms. The number of aryl methyl sites for hydroxylation is 1. The van der Waals surface area contributed by atoms with E-state index in [-0.39, 0.29) is 11.6 Å². The SMILES string of the molecule is CCn1nc(NC)c([N+](=O)[O-])n1. The largest absolute Gasteiger partial charge is 0.434 e. The first-order valence-electron chi connectivity index (χ1n) is 3.46. The van der Waals surface area contributed by atoms with Gasteiger partial charge in [0.2, 0.25) is 0 Å². The zero-order valence-corrected chi connectivity index (χ0v) is 6.81. The summed E-state index contributed by atoms with van der Waals surface area (Å²) in [6.07, 6.45) is 0. The quantitative estimate of drug-likeness (QED) is 0.520. The summed E-state index contributed by atoms with van der Waals surface area (Å²) in [5.74, 6) is -0.0406. The number of hydrogen-bond acceptors (Lipinski definition) is 5. The highest BCUT2D eigenvalue weighted by molar-refractivity contribution is 5.48. The standard InChI is InChI=1S/C5H9N5O2/c1-3-9-7-4(6-2)5(8-9)10(11)12/h3H2,1-2H3,(H,6,7). The molecule has 0 aromatic carbocycles. The fraction of sp³-hybridized carbons (Fsp3) is 0.600. The fourth-order valence-corrected chi connectivity index (χ4v) is 0.765. The molecule has 0 unspecified atom stereocenters. The van der Waals surface area contributed by atoms with E-state index in [1.54, 1.807) is 7.05 Å². The van der Waals surface area contributed by atoms with Crippen molar-refractivity contribution in [3.05, 3.63) is 10.1 Å². The second kappa shape index (κ2) is 3.16. The van der Waals surface area contributed by atoms with E-state index in [2.05, 4.69) is 15.5 Å². The van der Waals surface area contributed by atoms with Gasteiger partial charge in [0.25, 0.3) is 5.82 Å². The van der Waals surface area contributed by atoms with Crippen molar-refractivity contribution in [3.63, 3.8) is 0 Å². The first-order chi connectivity index (χ1) is 5.69. The van der Waals surface area contributed by atoms with Gasteiger partial charge in [-0.3, -0.25) is 0 Å². The fourth-order valence-electron chi connectivity index (χ4n) is 0.765. The van der Waals surface area contributed by atoms with E-state index in [1.807, 2.05) is 6.92 Å². The molecule has 0 aliphatic heterocycles. The van der Waals surface area contributed by atoms with Gasteiger partial charge < -0.3 is 15.4 Å². The molecule has 0 aliphatic carbocycles. The molecule has 0 fully saturated rings. The maximum atomic E-state index is 10.4. The van der Waals surface area contributed by atoms with Gasteiger partial charge in [-0.2, -0.15) is 0 Å². The molecular formula is C5H9N5O2. The summed E-state index contributed by atoms with van der Waals surface area (Å²) in [7, 11) is 1.57. The normalized spacial score (nSPS) is 9.83. The summed E-state index contributed by atoms with van der Waals surface area (Å²) in [6.45, 7) is 2.33. The Morgan fingerprint density at radius 3 is 2.67 bits per heavy atom. The number of rotatable bonds is 3. The average Bonchev–Trinajstić information content (AvgIpc) is 2.47. The Balaban J connectivity index is 3.08. The van der Waals surface area contributed by atoms with Gasteiger partial charge in [-0.15, -0.1) is 5.10 Å². The number of nitrogens with one attached hydrogen (secondary N) is 1. The van der Waals surface area contributed by atoms with E-state index in [4.69, 9.17) is 0 Å². The van der Waals surface area contributed by atoms with E-state index in [0.29, 0.717) is 6.54 Å². The van der Waals surface area contributed by atoms with Crippen LogP contribution in [0.25, 0.3) is 0 Å². The summed E-state index contributed by atoms with van der Waals surface area (Å²) >= 11 is 0. The van der Waals surface area contributed by atoms with Crippen LogP contribution in [0.1, 0.15) is 6.92 Å². The predicted molar refractivity (Wildman–Crippen MR) is 41.9 cm³/mol. The van der Waals surface area contributed by atoms with Gasteiger partial charge in [-0.25, -0.2) is 0 Å². The van der Waals surface area contributed by atoms with Crippen molar-refractivity contribution in [1.29, 1.82) is 0 Å². The molecule has 0 spiro atoms. The third kappa shape index (κ3) is 1.34. The highest BCUT2D eigenvalue weighted by Gasteiger charge is 2.20. The lowest BCUT2D eigenvalue weighted by Gasteiger charge is -1.89. The van der Waals surface area contributed by atoms with Crippen LogP contribution in [0.15, 0.2) is 0 Å². The third-order valence-electron chi connectivity index (χ3n) is 1.33. The maximum absolute atomic E-state index is 10.4. The molecule has 1 N–H and O–H groups in total. The minimum absolute atomic E-state index is 0.196. The van der Waals surface area contributed by atoms with Crippen molar-refractivity contribution in [2.45, 2.75) is 13.5 Å². The highest BCUT2D eigenvalue weighted by atomic mass is 16.6. The van der Waals surface area contributed by atoms with E-state index >= 15 is 0 Å². The Labute approximate surface area is 68.5 Å². The lowest BCUT2D eigenvalue weighted by atomic mass is 10.6. The van der Waals surface area contributed by atoms with Crippen LogP contribution < -0.4 is 5.32 Å². The van der Waals surface area contributed by atoms with Gasteiger partial charge in [0.15, 0.2) is 0 Å². The van der Waals surface area contributed by atoms with E-state index in [0.717, 1.165) is 0 Å². The van der Waals surface area contributed by atoms with Crippen LogP contribution in [0.4, 0.5) is 11.6 Å². The third-order valence-corrected chi connectivity index (χ3v) is 1.33. The van der Waals surface area contributed by atoms with Crippen molar-refractivity contribution in [2.75, 3.05) is 12.4 Å². The van der Waals surface area contributed by atoms with Gasteiger partial charge in [0.1, 0.15) is 0 Å². The first kappa shape index (κ1) is 8.44. The lowest BCUT2D eigenvalue weighted by molar-refractivity contribution is -0.388. The molecule has 7 nitrogen and oxygen atoms in total. The molecule has 7 heteroatoms. The van der Waals surface area contributed by atoms with E-state index < -0.39 is 4.92 Å². The number of nitro groups is 1. The van der Waals surface area contributed by atoms with Gasteiger partial charge >= 0.3 is 5.82 Å². The van der Waals surface area contributed by atoms with Gasteiger partial charge in [0.05, 0.1) is 11.6 Å². The van der Waals surface area contributed by atoms with Crippen molar-refractivity contribution >= 4 is 11.6 Å². The average molecular weight is 171 g/mol. The smallest absolute Gasteiger partial charge is 0.364 e. The van der Waals surface area contributed by atoms with E-state index in [9.17, 15) is 10.1 Å². The Morgan fingerprint density at radius 2 is 2.33 bits per heavy atom. The minimum atomic E-state index is -0.564. The molecule has 1 rings (SSSR count). The van der Waals surface area contributed by atoms with Crippen LogP contribution in [0, 0.1) is 10.1 Å². The topological polar surface area (TPSA) is 85.9 Å². The summed E-state index contributed by atoms with van der Waals surface area (Å²) < 4.78 is 0. The Bertz CT molecular complexity index is 294. The summed E-state index contributed by atoms with van der Waals surface area (Å²) in [5.41, 5.74) is 0. The number of anilines is 1. The van der Waals surface area contributed by atoms with Gasteiger partial charge in [-0.1, -0.05) is 4.80 Å². The highest BCUT2D eigenvalue weighted by Crippen LogP contribution is 2.16. The molecule has 0 aliphatic rings. The van der Waals surface area contributed by atoms with E-state index in [1.165, 1.54) is 4.80 Å². The number of aromatic nitrogens is 3. The molecule has 0 atom stereocenters. The Kier molecular flexibility index (Phi) is 2.22. The van der Waals surface area contributed by atoms with Crippen LogP contribution in [0.3, 0.4) is 0 Å². The molecule has 0 saturated heterocycles. The molecule has 0 saturated carbocycles. The molecule has 0 amide bonds. The molecule has 12 heavy (non-hydrogen) atoms. The van der Waals surface area contributed by atoms with Crippen LogP contribution in [0.2, 0.25) is 0 Å². The van der Waals surface area contributed by atoms with Crippen molar-refractivity contribution in [2.24, 2.45) is 0 Å². The minimum Gasteiger partial charge on any atom is -0.364 e. The Morgan fingerprint density at radius 1 is 1.67 bits per heavy atom. The monoisotopic (exact) mass is 171 g/mol. The van der Waals surface area contributed by atoms with Crippen LogP contribution in [0.5, 0.6) is 0 Å². The second-order valence-corrected chi connectivity index (χ2v) is 2.07. The molecule has 66 valence electrons. The summed E-state index contributed by atoms with van der Waals surface area (Å²) in [5, 5.41) is 20.4. The second-order valence-electron chi connectivity index (χ2n) is 2.07. The lowest BCUT2D eigenvalue weighted by Crippen LogP contribution is -1.99. The van der Waals surface area contributed by atoms with Crippen LogP contribution in [-0.2, 0) is 6.54 Å². The van der Waals surface area contributed by atoms with Crippen LogP contribution >= 0.6 is 0 Å². The zero-order valence-electron chi connectivity index (χ0n) is 6.81. The molecular weight excluding hydrogens is 162 g/mol. The van der Waals surface area contributed by atoms with Crippen molar-refractivity contribution < 1.29 is 4.92 Å². The summed E-state index contributed by atoms with van der Waals surface area (Å²) in [4.78, 5) is 11.1.